The fourth-order valence-corrected chi connectivity index (χ4v) is 1.90. The average Bonchev–Trinajstić information content (AvgIpc) is 2.34. The van der Waals surface area contributed by atoms with Crippen LogP contribution in [0.2, 0.25) is 0 Å². The summed E-state index contributed by atoms with van der Waals surface area (Å²) in [6.07, 6.45) is 1.20. The van der Waals surface area contributed by atoms with Crippen molar-refractivity contribution in [3.05, 3.63) is 23.9 Å². The summed E-state index contributed by atoms with van der Waals surface area (Å²) in [7, 11) is 0. The number of aliphatic hydroxyl groups is 1. The molecule has 92 valence electrons. The molecule has 1 N–H and O–H groups in total. The number of nitriles is 1. The van der Waals surface area contributed by atoms with Crippen molar-refractivity contribution in [3.63, 3.8) is 0 Å². The van der Waals surface area contributed by atoms with Crippen LogP contribution in [0.1, 0.15) is 19.4 Å². The van der Waals surface area contributed by atoms with Gasteiger partial charge in [0, 0.05) is 11.9 Å². The summed E-state index contributed by atoms with van der Waals surface area (Å²) in [6, 6.07) is 5.42. The molecule has 1 aromatic rings. The van der Waals surface area contributed by atoms with Crippen LogP contribution < -0.4 is 0 Å². The minimum atomic E-state index is -0.519. The van der Waals surface area contributed by atoms with Crippen LogP contribution >= 0.6 is 11.8 Å². The number of hydrogen-bond donors (Lipinski definition) is 1. The maximum atomic E-state index is 9.65. The second kappa shape index (κ2) is 7.28. The average molecular weight is 252 g/mol. The highest BCUT2D eigenvalue weighted by Gasteiger charge is 2.07. The van der Waals surface area contributed by atoms with E-state index in [1.54, 1.807) is 18.3 Å². The van der Waals surface area contributed by atoms with Crippen LogP contribution in [0.15, 0.2) is 23.4 Å². The molecule has 0 aliphatic rings. The molecule has 0 fully saturated rings. The monoisotopic (exact) mass is 252 g/mol. The van der Waals surface area contributed by atoms with Gasteiger partial charge in [0.25, 0.3) is 0 Å². The lowest BCUT2D eigenvalue weighted by molar-refractivity contribution is 0.0152. The lowest BCUT2D eigenvalue weighted by atomic mass is 10.3. The summed E-state index contributed by atoms with van der Waals surface area (Å²) in [6.45, 7) is 4.18. The molecular weight excluding hydrogens is 236 g/mol. The van der Waals surface area contributed by atoms with Gasteiger partial charge in [-0.15, -0.1) is 11.8 Å². The minimum absolute atomic E-state index is 0.120. The molecule has 1 heterocycles. The zero-order valence-electron chi connectivity index (χ0n) is 9.96. The van der Waals surface area contributed by atoms with E-state index < -0.39 is 6.10 Å². The standard InChI is InChI=1S/C12H16N2O2S/c1-9(2)16-7-11(15)8-17-12-5-10(6-13)3-4-14-12/h3-5,9,11,15H,7-8H2,1-2H3. The van der Waals surface area contributed by atoms with E-state index in [2.05, 4.69) is 11.1 Å². The van der Waals surface area contributed by atoms with Gasteiger partial charge in [-0.2, -0.15) is 5.26 Å². The molecule has 5 heteroatoms. The van der Waals surface area contributed by atoms with Crippen molar-refractivity contribution in [1.29, 1.82) is 5.26 Å². The Balaban J connectivity index is 2.37. The van der Waals surface area contributed by atoms with Crippen LogP contribution in [0.3, 0.4) is 0 Å². The zero-order valence-corrected chi connectivity index (χ0v) is 10.8. The van der Waals surface area contributed by atoms with Crippen molar-refractivity contribution in [2.45, 2.75) is 31.1 Å². The third-order valence-corrected chi connectivity index (χ3v) is 2.98. The number of rotatable bonds is 6. The Morgan fingerprint density at radius 2 is 2.35 bits per heavy atom. The second-order valence-corrected chi connectivity index (χ2v) is 4.88. The normalized spacial score (nSPS) is 12.4. The van der Waals surface area contributed by atoms with Crippen LogP contribution in [-0.2, 0) is 4.74 Å². The summed E-state index contributed by atoms with van der Waals surface area (Å²) < 4.78 is 5.30. The molecule has 0 saturated carbocycles. The largest absolute Gasteiger partial charge is 0.390 e. The lowest BCUT2D eigenvalue weighted by Gasteiger charge is -2.12. The van der Waals surface area contributed by atoms with Crippen molar-refractivity contribution in [1.82, 2.24) is 4.98 Å². The number of aromatic nitrogens is 1. The number of ether oxygens (including phenoxy) is 1. The first-order chi connectivity index (χ1) is 8.11. The van der Waals surface area contributed by atoms with Crippen molar-refractivity contribution < 1.29 is 9.84 Å². The third-order valence-electron chi connectivity index (χ3n) is 1.91. The van der Waals surface area contributed by atoms with E-state index in [1.807, 2.05) is 13.8 Å². The summed E-state index contributed by atoms with van der Waals surface area (Å²) in [5.74, 6) is 0.509. The molecule has 0 aliphatic carbocycles. The molecule has 1 rings (SSSR count). The van der Waals surface area contributed by atoms with Crippen molar-refractivity contribution in [3.8, 4) is 6.07 Å². The van der Waals surface area contributed by atoms with Gasteiger partial charge in [0.15, 0.2) is 0 Å². The molecular formula is C12H16N2O2S. The summed E-state index contributed by atoms with van der Waals surface area (Å²) in [5.41, 5.74) is 0.579. The predicted octanol–water partition coefficient (Wildman–Crippen LogP) is 1.83. The molecule has 1 unspecified atom stereocenters. The minimum Gasteiger partial charge on any atom is -0.390 e. The fraction of sp³-hybridized carbons (Fsp3) is 0.500. The molecule has 0 aliphatic heterocycles. The highest BCUT2D eigenvalue weighted by atomic mass is 32.2. The molecule has 0 spiro atoms. The molecule has 1 aromatic heterocycles. The SMILES string of the molecule is CC(C)OCC(O)CSc1cc(C#N)ccn1. The van der Waals surface area contributed by atoms with E-state index in [4.69, 9.17) is 10.00 Å². The Hall–Kier alpha value is -1.09. The van der Waals surface area contributed by atoms with Crippen LogP contribution in [-0.4, -0.2) is 34.7 Å². The smallest absolute Gasteiger partial charge is 0.0993 e. The van der Waals surface area contributed by atoms with Gasteiger partial charge in [-0.25, -0.2) is 4.98 Å². The molecule has 0 bridgehead atoms. The van der Waals surface area contributed by atoms with E-state index in [1.165, 1.54) is 11.8 Å². The van der Waals surface area contributed by atoms with E-state index in [9.17, 15) is 5.11 Å². The summed E-state index contributed by atoms with van der Waals surface area (Å²) >= 11 is 1.42. The first-order valence-electron chi connectivity index (χ1n) is 5.40. The Morgan fingerprint density at radius 3 is 3.00 bits per heavy atom. The van der Waals surface area contributed by atoms with Crippen molar-refractivity contribution in [2.24, 2.45) is 0 Å². The molecule has 1 atom stereocenters. The number of pyridine rings is 1. The molecule has 0 amide bonds. The highest BCUT2D eigenvalue weighted by molar-refractivity contribution is 7.99. The van der Waals surface area contributed by atoms with Crippen LogP contribution in [0.4, 0.5) is 0 Å². The molecule has 0 saturated heterocycles. The molecule has 0 aromatic carbocycles. The predicted molar refractivity (Wildman–Crippen MR) is 66.8 cm³/mol. The van der Waals surface area contributed by atoms with Gasteiger partial charge in [0.2, 0.25) is 0 Å². The van der Waals surface area contributed by atoms with E-state index in [0.29, 0.717) is 17.9 Å². The first kappa shape index (κ1) is 14.0. The van der Waals surface area contributed by atoms with Crippen LogP contribution in [0, 0.1) is 11.3 Å². The number of nitrogens with zero attached hydrogens (tertiary/aromatic N) is 2. The van der Waals surface area contributed by atoms with Gasteiger partial charge in [-0.1, -0.05) is 0 Å². The number of aliphatic hydroxyl groups excluding tert-OH is 1. The number of thioether (sulfide) groups is 1. The maximum Gasteiger partial charge on any atom is 0.0993 e. The van der Waals surface area contributed by atoms with E-state index >= 15 is 0 Å². The summed E-state index contributed by atoms with van der Waals surface area (Å²) in [5, 5.41) is 19.1. The van der Waals surface area contributed by atoms with Gasteiger partial charge in [-0.3, -0.25) is 0 Å². The van der Waals surface area contributed by atoms with Crippen molar-refractivity contribution in [2.75, 3.05) is 12.4 Å². The summed E-state index contributed by atoms with van der Waals surface area (Å²) in [4.78, 5) is 4.11. The van der Waals surface area contributed by atoms with Gasteiger partial charge in [-0.05, 0) is 26.0 Å². The molecule has 4 nitrogen and oxygen atoms in total. The van der Waals surface area contributed by atoms with E-state index in [-0.39, 0.29) is 6.10 Å². The molecule has 17 heavy (non-hydrogen) atoms. The lowest BCUT2D eigenvalue weighted by Crippen LogP contribution is -2.20. The zero-order chi connectivity index (χ0) is 12.7. The fourth-order valence-electron chi connectivity index (χ4n) is 1.09. The number of hydrogen-bond acceptors (Lipinski definition) is 5. The Kier molecular flexibility index (Phi) is 5.98. The van der Waals surface area contributed by atoms with Gasteiger partial charge in [0.1, 0.15) is 0 Å². The highest BCUT2D eigenvalue weighted by Crippen LogP contribution is 2.17. The topological polar surface area (TPSA) is 66.1 Å². The van der Waals surface area contributed by atoms with E-state index in [0.717, 1.165) is 5.03 Å². The Morgan fingerprint density at radius 1 is 1.59 bits per heavy atom. The Labute approximate surface area is 106 Å². The second-order valence-electron chi connectivity index (χ2n) is 3.84. The van der Waals surface area contributed by atoms with Crippen LogP contribution in [0.25, 0.3) is 0 Å². The van der Waals surface area contributed by atoms with Gasteiger partial charge >= 0.3 is 0 Å². The quantitative estimate of drug-likeness (QED) is 0.782. The third kappa shape index (κ3) is 5.68. The Bertz CT molecular complexity index is 390. The van der Waals surface area contributed by atoms with Gasteiger partial charge < -0.3 is 9.84 Å². The first-order valence-corrected chi connectivity index (χ1v) is 6.39. The van der Waals surface area contributed by atoms with Crippen molar-refractivity contribution >= 4 is 11.8 Å². The van der Waals surface area contributed by atoms with Crippen LogP contribution in [0.5, 0.6) is 0 Å². The maximum absolute atomic E-state index is 9.65. The van der Waals surface area contributed by atoms with Gasteiger partial charge in [0.05, 0.1) is 35.5 Å². The molecule has 0 radical (unpaired) electrons.